The fourth-order valence-corrected chi connectivity index (χ4v) is 2.38. The Morgan fingerprint density at radius 3 is 2.05 bits per heavy atom. The molecule has 3 atom stereocenters. The highest BCUT2D eigenvalue weighted by Gasteiger charge is 2.09. The summed E-state index contributed by atoms with van der Waals surface area (Å²) in [6.45, 7) is 13.4. The van der Waals surface area contributed by atoms with E-state index >= 15 is 0 Å². The van der Waals surface area contributed by atoms with Crippen molar-refractivity contribution in [2.75, 3.05) is 6.61 Å². The first-order valence-electron chi connectivity index (χ1n) is 9.25. The van der Waals surface area contributed by atoms with E-state index in [2.05, 4.69) is 47.6 Å². The van der Waals surface area contributed by atoms with E-state index in [1.807, 2.05) is 0 Å². The number of carbonyl (C=O) groups excluding carboxylic acids is 1. The average molecular weight is 313 g/mol. The molecule has 0 fully saturated rings. The second-order valence-corrected chi connectivity index (χ2v) is 6.58. The highest BCUT2D eigenvalue weighted by Crippen LogP contribution is 2.18. The van der Waals surface area contributed by atoms with Crippen LogP contribution in [0.25, 0.3) is 0 Å². The van der Waals surface area contributed by atoms with E-state index in [0.717, 1.165) is 37.0 Å². The van der Waals surface area contributed by atoms with Gasteiger partial charge in [-0.25, -0.2) is 0 Å². The van der Waals surface area contributed by atoms with Gasteiger partial charge in [-0.15, -0.1) is 0 Å². The van der Waals surface area contributed by atoms with E-state index in [-0.39, 0.29) is 0 Å². The minimum atomic E-state index is 0.373. The number of aliphatic hydroxyl groups excluding tert-OH is 1. The number of aldehydes is 1. The Hall–Kier alpha value is -0.630. The molecule has 0 heterocycles. The second-order valence-electron chi connectivity index (χ2n) is 6.58. The van der Waals surface area contributed by atoms with Crippen LogP contribution in [0.15, 0.2) is 11.6 Å². The molecule has 1 N–H and O–H groups in total. The monoisotopic (exact) mass is 312 g/mol. The average Bonchev–Trinajstić information content (AvgIpc) is 2.54. The van der Waals surface area contributed by atoms with Crippen LogP contribution in [0.3, 0.4) is 0 Å². The predicted octanol–water partition coefficient (Wildman–Crippen LogP) is 5.79. The molecule has 2 heteroatoms. The van der Waals surface area contributed by atoms with Gasteiger partial charge in [-0.1, -0.05) is 73.3 Å². The molecule has 132 valence electrons. The van der Waals surface area contributed by atoms with Crippen molar-refractivity contribution in [2.45, 2.75) is 86.5 Å². The van der Waals surface area contributed by atoms with E-state index < -0.39 is 0 Å². The number of hydrogen-bond donors (Lipinski definition) is 1. The SMILES string of the molecule is CCCC(C=O)=CC(C)CC.CCCC(CO)CC(C)CC. The van der Waals surface area contributed by atoms with Crippen molar-refractivity contribution < 1.29 is 9.90 Å². The molecule has 0 aliphatic rings. The molecule has 0 rings (SSSR count). The molecule has 0 aromatic heterocycles. The van der Waals surface area contributed by atoms with Crippen molar-refractivity contribution in [3.8, 4) is 0 Å². The molecule has 0 aliphatic heterocycles. The van der Waals surface area contributed by atoms with Crippen molar-refractivity contribution in [2.24, 2.45) is 17.8 Å². The Kier molecular flexibility index (Phi) is 18.0. The Bertz CT molecular complexity index is 271. The van der Waals surface area contributed by atoms with Crippen LogP contribution in [-0.2, 0) is 4.79 Å². The molecule has 0 aliphatic carbocycles. The Balaban J connectivity index is 0. The number of carbonyl (C=O) groups is 1. The molecule has 3 unspecified atom stereocenters. The maximum Gasteiger partial charge on any atom is 0.145 e. The van der Waals surface area contributed by atoms with Crippen molar-refractivity contribution in [1.29, 1.82) is 0 Å². The molecule has 0 amide bonds. The van der Waals surface area contributed by atoms with Crippen molar-refractivity contribution in [3.63, 3.8) is 0 Å². The molecular weight excluding hydrogens is 272 g/mol. The zero-order valence-corrected chi connectivity index (χ0v) is 15.9. The normalized spacial score (nSPS) is 15.5. The number of rotatable bonds is 11. The van der Waals surface area contributed by atoms with Gasteiger partial charge < -0.3 is 5.11 Å². The summed E-state index contributed by atoms with van der Waals surface area (Å²) in [5.41, 5.74) is 0.960. The molecule has 0 radical (unpaired) electrons. The highest BCUT2D eigenvalue weighted by atomic mass is 16.3. The first-order chi connectivity index (χ1) is 10.5. The maximum atomic E-state index is 10.5. The summed E-state index contributed by atoms with van der Waals surface area (Å²) in [6.07, 6.45) is 11.0. The van der Waals surface area contributed by atoms with Gasteiger partial charge in [0.2, 0.25) is 0 Å². The van der Waals surface area contributed by atoms with Gasteiger partial charge in [0, 0.05) is 6.61 Å². The number of allylic oxidation sites excluding steroid dienone is 2. The van der Waals surface area contributed by atoms with Crippen LogP contribution < -0.4 is 0 Å². The lowest BCUT2D eigenvalue weighted by Gasteiger charge is -2.16. The van der Waals surface area contributed by atoms with Gasteiger partial charge in [-0.3, -0.25) is 4.79 Å². The van der Waals surface area contributed by atoms with E-state index in [9.17, 15) is 4.79 Å². The molecule has 22 heavy (non-hydrogen) atoms. The van der Waals surface area contributed by atoms with Crippen LogP contribution in [0.1, 0.15) is 86.5 Å². The largest absolute Gasteiger partial charge is 0.396 e. The van der Waals surface area contributed by atoms with Crippen LogP contribution in [0.5, 0.6) is 0 Å². The third-order valence-electron chi connectivity index (χ3n) is 4.22. The molecule has 0 saturated heterocycles. The van der Waals surface area contributed by atoms with Crippen molar-refractivity contribution in [3.05, 3.63) is 11.6 Å². The highest BCUT2D eigenvalue weighted by molar-refractivity contribution is 5.73. The van der Waals surface area contributed by atoms with Crippen LogP contribution in [0.2, 0.25) is 0 Å². The zero-order valence-electron chi connectivity index (χ0n) is 15.9. The summed E-state index contributed by atoms with van der Waals surface area (Å²) in [7, 11) is 0. The standard InChI is InChI=1S/C10H22O.C10H18O/c2*1-4-6-10(8-11)7-9(3)5-2/h9-11H,4-8H2,1-3H3;7-9H,4-6H2,1-3H3. The van der Waals surface area contributed by atoms with Crippen molar-refractivity contribution in [1.82, 2.24) is 0 Å². The third kappa shape index (κ3) is 14.3. The minimum absolute atomic E-state index is 0.373. The fraction of sp³-hybridized carbons (Fsp3) is 0.850. The number of hydrogen-bond acceptors (Lipinski definition) is 2. The summed E-state index contributed by atoms with van der Waals surface area (Å²) in [5.74, 6) is 1.87. The summed E-state index contributed by atoms with van der Waals surface area (Å²) in [5, 5.41) is 9.00. The fourth-order valence-electron chi connectivity index (χ4n) is 2.38. The first kappa shape index (κ1) is 23.6. The second kappa shape index (κ2) is 16.7. The van der Waals surface area contributed by atoms with Crippen LogP contribution in [0, 0.1) is 17.8 Å². The van der Waals surface area contributed by atoms with Gasteiger partial charge in [-0.05, 0) is 42.6 Å². The van der Waals surface area contributed by atoms with Crippen LogP contribution in [-0.4, -0.2) is 18.0 Å². The van der Waals surface area contributed by atoms with E-state index in [4.69, 9.17) is 5.11 Å². The molecule has 0 aromatic rings. The van der Waals surface area contributed by atoms with Gasteiger partial charge in [0.25, 0.3) is 0 Å². The Morgan fingerprint density at radius 1 is 1.05 bits per heavy atom. The summed E-state index contributed by atoms with van der Waals surface area (Å²) >= 11 is 0. The number of aliphatic hydroxyl groups is 1. The molecule has 0 aromatic carbocycles. The lowest BCUT2D eigenvalue weighted by molar-refractivity contribution is -0.105. The van der Waals surface area contributed by atoms with Crippen LogP contribution in [0.4, 0.5) is 0 Å². The van der Waals surface area contributed by atoms with E-state index in [1.165, 1.54) is 25.7 Å². The maximum absolute atomic E-state index is 10.5. The lowest BCUT2D eigenvalue weighted by Crippen LogP contribution is -2.09. The first-order valence-corrected chi connectivity index (χ1v) is 9.25. The van der Waals surface area contributed by atoms with Gasteiger partial charge in [-0.2, -0.15) is 0 Å². The zero-order chi connectivity index (χ0) is 17.4. The molecule has 2 nitrogen and oxygen atoms in total. The van der Waals surface area contributed by atoms with Gasteiger partial charge in [0.1, 0.15) is 6.29 Å². The summed E-state index contributed by atoms with van der Waals surface area (Å²) < 4.78 is 0. The minimum Gasteiger partial charge on any atom is -0.396 e. The topological polar surface area (TPSA) is 37.3 Å². The molecule has 0 bridgehead atoms. The predicted molar refractivity (Wildman–Crippen MR) is 98.1 cm³/mol. The quantitative estimate of drug-likeness (QED) is 0.387. The van der Waals surface area contributed by atoms with Gasteiger partial charge in [0.05, 0.1) is 0 Å². The van der Waals surface area contributed by atoms with Gasteiger partial charge >= 0.3 is 0 Å². The van der Waals surface area contributed by atoms with Crippen LogP contribution >= 0.6 is 0 Å². The Labute approximate surface area is 139 Å². The smallest absolute Gasteiger partial charge is 0.145 e. The molecular formula is C20H40O2. The lowest BCUT2D eigenvalue weighted by atomic mass is 9.91. The summed E-state index contributed by atoms with van der Waals surface area (Å²) in [6, 6.07) is 0. The molecule has 0 saturated carbocycles. The Morgan fingerprint density at radius 2 is 1.68 bits per heavy atom. The summed E-state index contributed by atoms with van der Waals surface area (Å²) in [4.78, 5) is 10.5. The van der Waals surface area contributed by atoms with E-state index in [0.29, 0.717) is 18.4 Å². The molecule has 0 spiro atoms. The van der Waals surface area contributed by atoms with Gasteiger partial charge in [0.15, 0.2) is 0 Å². The van der Waals surface area contributed by atoms with E-state index in [1.54, 1.807) is 0 Å². The van der Waals surface area contributed by atoms with Crippen molar-refractivity contribution >= 4 is 6.29 Å². The third-order valence-corrected chi connectivity index (χ3v) is 4.22.